The number of carbonyl (C=O) groups is 1. The normalized spacial score (nSPS) is 21.7. The van der Waals surface area contributed by atoms with Crippen LogP contribution < -0.4 is 0 Å². The molecule has 4 nitrogen and oxygen atoms in total. The largest absolute Gasteiger partial charge is 0.343 e. The summed E-state index contributed by atoms with van der Waals surface area (Å²) in [5, 5.41) is 0. The van der Waals surface area contributed by atoms with E-state index in [1.165, 1.54) is 0 Å². The SMILES string of the molecule is COC(OC(C)(C)C)N1CCC(=O)CC1. The van der Waals surface area contributed by atoms with Gasteiger partial charge < -0.3 is 9.47 Å². The van der Waals surface area contributed by atoms with E-state index in [9.17, 15) is 4.79 Å². The Balaban J connectivity index is 2.48. The van der Waals surface area contributed by atoms with Gasteiger partial charge in [-0.25, -0.2) is 0 Å². The van der Waals surface area contributed by atoms with Gasteiger partial charge in [0.05, 0.1) is 5.60 Å². The monoisotopic (exact) mass is 215 g/mol. The van der Waals surface area contributed by atoms with Crippen molar-refractivity contribution in [3.63, 3.8) is 0 Å². The van der Waals surface area contributed by atoms with E-state index in [0.717, 1.165) is 13.1 Å². The van der Waals surface area contributed by atoms with Crippen molar-refractivity contribution in [3.8, 4) is 0 Å². The molecule has 88 valence electrons. The molecule has 1 fully saturated rings. The number of ketones is 1. The number of ether oxygens (including phenoxy) is 2. The smallest absolute Gasteiger partial charge is 0.218 e. The highest BCUT2D eigenvalue weighted by atomic mass is 16.7. The van der Waals surface area contributed by atoms with Crippen LogP contribution in [-0.2, 0) is 14.3 Å². The lowest BCUT2D eigenvalue weighted by Gasteiger charge is -2.36. The molecule has 1 unspecified atom stereocenters. The first-order valence-corrected chi connectivity index (χ1v) is 5.39. The third-order valence-corrected chi connectivity index (χ3v) is 2.31. The molecule has 0 aromatic heterocycles. The fourth-order valence-electron chi connectivity index (χ4n) is 1.56. The lowest BCUT2D eigenvalue weighted by Crippen LogP contribution is -2.46. The molecular weight excluding hydrogens is 194 g/mol. The van der Waals surface area contributed by atoms with Crippen molar-refractivity contribution >= 4 is 5.78 Å². The molecule has 0 N–H and O–H groups in total. The van der Waals surface area contributed by atoms with Crippen LogP contribution >= 0.6 is 0 Å². The van der Waals surface area contributed by atoms with Gasteiger partial charge in [-0.05, 0) is 20.8 Å². The molecule has 1 rings (SSSR count). The van der Waals surface area contributed by atoms with E-state index in [-0.39, 0.29) is 12.0 Å². The molecule has 1 aliphatic rings. The summed E-state index contributed by atoms with van der Waals surface area (Å²) in [5.41, 5.74) is -0.234. The summed E-state index contributed by atoms with van der Waals surface area (Å²) in [6, 6.07) is 0. The predicted octanol–water partition coefficient (Wildman–Crippen LogP) is 1.40. The number of likely N-dealkylation sites (tertiary alicyclic amines) is 1. The number of rotatable bonds is 3. The summed E-state index contributed by atoms with van der Waals surface area (Å²) in [7, 11) is 1.63. The number of Topliss-reactive ketones (excluding diaryl/α,β-unsaturated/α-hetero) is 1. The third kappa shape index (κ3) is 4.28. The summed E-state index contributed by atoms with van der Waals surface area (Å²) < 4.78 is 11.0. The summed E-state index contributed by atoms with van der Waals surface area (Å²) in [6.45, 7) is 7.44. The first-order valence-electron chi connectivity index (χ1n) is 5.39. The van der Waals surface area contributed by atoms with E-state index in [1.807, 2.05) is 20.8 Å². The van der Waals surface area contributed by atoms with Crippen LogP contribution in [0.25, 0.3) is 0 Å². The Morgan fingerprint density at radius 2 is 1.80 bits per heavy atom. The Morgan fingerprint density at radius 1 is 1.27 bits per heavy atom. The zero-order valence-electron chi connectivity index (χ0n) is 10.1. The number of carbonyl (C=O) groups excluding carboxylic acids is 1. The molecule has 1 saturated heterocycles. The highest BCUT2D eigenvalue weighted by Gasteiger charge is 2.27. The molecule has 4 heteroatoms. The van der Waals surface area contributed by atoms with E-state index in [2.05, 4.69) is 4.90 Å². The number of piperidine rings is 1. The van der Waals surface area contributed by atoms with Crippen LogP contribution in [0.4, 0.5) is 0 Å². The maximum atomic E-state index is 11.1. The fourth-order valence-corrected chi connectivity index (χ4v) is 1.56. The van der Waals surface area contributed by atoms with E-state index in [1.54, 1.807) is 7.11 Å². The molecule has 0 aromatic rings. The quantitative estimate of drug-likeness (QED) is 0.667. The number of methoxy groups -OCH3 is 1. The van der Waals surface area contributed by atoms with Crippen molar-refractivity contribution in [1.82, 2.24) is 4.90 Å². The molecule has 0 amide bonds. The standard InChI is InChI=1S/C11H21NO3/c1-11(2,3)15-10(14-4)12-7-5-9(13)6-8-12/h10H,5-8H2,1-4H3. The Hall–Kier alpha value is -0.450. The van der Waals surface area contributed by atoms with Crippen LogP contribution in [0.3, 0.4) is 0 Å². The molecule has 1 atom stereocenters. The van der Waals surface area contributed by atoms with Gasteiger partial charge >= 0.3 is 0 Å². The van der Waals surface area contributed by atoms with Crippen LogP contribution in [0.15, 0.2) is 0 Å². The highest BCUT2D eigenvalue weighted by molar-refractivity contribution is 5.79. The molecule has 0 aromatic carbocycles. The Labute approximate surface area is 91.5 Å². The molecule has 15 heavy (non-hydrogen) atoms. The second-order valence-corrected chi connectivity index (χ2v) is 4.85. The van der Waals surface area contributed by atoms with Gasteiger partial charge in [0.15, 0.2) is 0 Å². The second-order valence-electron chi connectivity index (χ2n) is 4.85. The lowest BCUT2D eigenvalue weighted by molar-refractivity contribution is -0.254. The molecule has 0 radical (unpaired) electrons. The average Bonchev–Trinajstić information content (AvgIpc) is 2.14. The van der Waals surface area contributed by atoms with Gasteiger partial charge in [-0.15, -0.1) is 0 Å². The number of hydrogen-bond donors (Lipinski definition) is 0. The number of hydrogen-bond acceptors (Lipinski definition) is 4. The topological polar surface area (TPSA) is 38.8 Å². The van der Waals surface area contributed by atoms with E-state index in [4.69, 9.17) is 9.47 Å². The Kier molecular flexibility index (Phi) is 4.25. The van der Waals surface area contributed by atoms with Crippen LogP contribution in [-0.4, -0.2) is 42.9 Å². The Morgan fingerprint density at radius 3 is 2.20 bits per heavy atom. The molecular formula is C11H21NO3. The van der Waals surface area contributed by atoms with Gasteiger partial charge in [-0.2, -0.15) is 0 Å². The van der Waals surface area contributed by atoms with Crippen molar-refractivity contribution in [3.05, 3.63) is 0 Å². The maximum Gasteiger partial charge on any atom is 0.218 e. The average molecular weight is 215 g/mol. The molecule has 0 aliphatic carbocycles. The second kappa shape index (κ2) is 5.05. The summed E-state index contributed by atoms with van der Waals surface area (Å²) in [4.78, 5) is 13.2. The third-order valence-electron chi connectivity index (χ3n) is 2.31. The molecule has 0 bridgehead atoms. The van der Waals surface area contributed by atoms with Crippen molar-refractivity contribution in [1.29, 1.82) is 0 Å². The predicted molar refractivity (Wildman–Crippen MR) is 57.4 cm³/mol. The van der Waals surface area contributed by atoms with Gasteiger partial charge in [0.2, 0.25) is 6.41 Å². The van der Waals surface area contributed by atoms with Gasteiger partial charge in [0.1, 0.15) is 5.78 Å². The van der Waals surface area contributed by atoms with Crippen molar-refractivity contribution < 1.29 is 14.3 Å². The van der Waals surface area contributed by atoms with Crippen LogP contribution in [0.2, 0.25) is 0 Å². The van der Waals surface area contributed by atoms with Gasteiger partial charge in [-0.3, -0.25) is 9.69 Å². The van der Waals surface area contributed by atoms with Gasteiger partial charge in [0, 0.05) is 33.0 Å². The summed E-state index contributed by atoms with van der Waals surface area (Å²) >= 11 is 0. The molecule has 1 heterocycles. The molecule has 0 saturated carbocycles. The van der Waals surface area contributed by atoms with Crippen molar-refractivity contribution in [2.75, 3.05) is 20.2 Å². The van der Waals surface area contributed by atoms with Crippen LogP contribution in [0.5, 0.6) is 0 Å². The summed E-state index contributed by atoms with van der Waals surface area (Å²) in [6.07, 6.45) is 0.874. The first-order chi connectivity index (χ1) is 6.92. The minimum absolute atomic E-state index is 0.234. The van der Waals surface area contributed by atoms with Crippen molar-refractivity contribution in [2.24, 2.45) is 0 Å². The highest BCUT2D eigenvalue weighted by Crippen LogP contribution is 2.17. The zero-order valence-corrected chi connectivity index (χ0v) is 10.1. The minimum atomic E-state index is -0.335. The van der Waals surface area contributed by atoms with Crippen LogP contribution in [0.1, 0.15) is 33.6 Å². The van der Waals surface area contributed by atoms with E-state index in [0.29, 0.717) is 18.6 Å². The first kappa shape index (κ1) is 12.6. The van der Waals surface area contributed by atoms with Crippen LogP contribution in [0, 0.1) is 0 Å². The number of nitrogens with zero attached hydrogens (tertiary/aromatic N) is 1. The maximum absolute atomic E-state index is 11.1. The van der Waals surface area contributed by atoms with Gasteiger partial charge in [-0.1, -0.05) is 0 Å². The lowest BCUT2D eigenvalue weighted by atomic mass is 10.1. The van der Waals surface area contributed by atoms with E-state index < -0.39 is 0 Å². The Bertz CT molecular complexity index is 212. The van der Waals surface area contributed by atoms with Crippen molar-refractivity contribution in [2.45, 2.75) is 45.6 Å². The van der Waals surface area contributed by atoms with Gasteiger partial charge in [0.25, 0.3) is 0 Å². The fraction of sp³-hybridized carbons (Fsp3) is 0.909. The summed E-state index contributed by atoms with van der Waals surface area (Å²) in [5.74, 6) is 0.330. The molecule has 0 spiro atoms. The molecule has 1 aliphatic heterocycles. The minimum Gasteiger partial charge on any atom is -0.343 e. The van der Waals surface area contributed by atoms with E-state index >= 15 is 0 Å². The zero-order chi connectivity index (χ0) is 11.5.